The molecule has 2 aromatic rings. The van der Waals surface area contributed by atoms with Crippen molar-refractivity contribution in [3.63, 3.8) is 0 Å². The SMILES string of the molecule is Cc1cccc(Nc2cc([N+](=O)[O-])cc(Cl)n2)c1Cl. The van der Waals surface area contributed by atoms with E-state index in [1.807, 2.05) is 19.1 Å². The van der Waals surface area contributed by atoms with E-state index in [2.05, 4.69) is 10.3 Å². The van der Waals surface area contributed by atoms with Crippen LogP contribution >= 0.6 is 23.2 Å². The Morgan fingerprint density at radius 3 is 2.74 bits per heavy atom. The largest absolute Gasteiger partial charge is 0.339 e. The Hall–Kier alpha value is -1.85. The van der Waals surface area contributed by atoms with Crippen molar-refractivity contribution >= 4 is 40.4 Å². The molecule has 1 aromatic carbocycles. The van der Waals surface area contributed by atoms with E-state index in [1.54, 1.807) is 6.07 Å². The smallest absolute Gasteiger partial charge is 0.276 e. The van der Waals surface area contributed by atoms with Crippen LogP contribution in [0.3, 0.4) is 0 Å². The third-order valence-electron chi connectivity index (χ3n) is 2.44. The average molecular weight is 298 g/mol. The molecule has 7 heteroatoms. The van der Waals surface area contributed by atoms with Gasteiger partial charge in [-0.25, -0.2) is 4.98 Å². The van der Waals surface area contributed by atoms with Crippen molar-refractivity contribution < 1.29 is 4.92 Å². The summed E-state index contributed by atoms with van der Waals surface area (Å²) in [6.07, 6.45) is 0. The first-order valence-electron chi connectivity index (χ1n) is 5.31. The highest BCUT2D eigenvalue weighted by molar-refractivity contribution is 6.34. The van der Waals surface area contributed by atoms with E-state index in [0.29, 0.717) is 10.7 Å². The van der Waals surface area contributed by atoms with Crippen LogP contribution in [-0.2, 0) is 0 Å². The molecule has 2 rings (SSSR count). The number of aromatic nitrogens is 1. The van der Waals surface area contributed by atoms with Crippen LogP contribution in [0.2, 0.25) is 10.2 Å². The number of nitrogens with zero attached hydrogens (tertiary/aromatic N) is 2. The van der Waals surface area contributed by atoms with Crippen molar-refractivity contribution in [3.05, 3.63) is 56.2 Å². The number of anilines is 2. The normalized spacial score (nSPS) is 10.3. The number of benzene rings is 1. The Morgan fingerprint density at radius 2 is 2.05 bits per heavy atom. The number of hydrogen-bond acceptors (Lipinski definition) is 4. The molecule has 0 radical (unpaired) electrons. The number of nitrogens with one attached hydrogen (secondary N) is 1. The molecule has 0 atom stereocenters. The summed E-state index contributed by atoms with van der Waals surface area (Å²) in [5, 5.41) is 14.2. The van der Waals surface area contributed by atoms with Crippen LogP contribution in [0.15, 0.2) is 30.3 Å². The van der Waals surface area contributed by atoms with E-state index >= 15 is 0 Å². The third kappa shape index (κ3) is 3.13. The fourth-order valence-corrected chi connectivity index (χ4v) is 1.91. The zero-order valence-corrected chi connectivity index (χ0v) is 11.4. The maximum atomic E-state index is 10.7. The molecule has 1 N–H and O–H groups in total. The molecule has 0 aliphatic rings. The van der Waals surface area contributed by atoms with Gasteiger partial charge in [-0.15, -0.1) is 0 Å². The Morgan fingerprint density at radius 1 is 1.32 bits per heavy atom. The van der Waals surface area contributed by atoms with Crippen molar-refractivity contribution in [2.45, 2.75) is 6.92 Å². The van der Waals surface area contributed by atoms with Crippen molar-refractivity contribution in [1.29, 1.82) is 0 Å². The minimum Gasteiger partial charge on any atom is -0.339 e. The van der Waals surface area contributed by atoms with Gasteiger partial charge in [-0.05, 0) is 18.6 Å². The standard InChI is InChI=1S/C12H9Cl2N3O2/c1-7-3-2-4-9(12(7)14)15-11-6-8(17(18)19)5-10(13)16-11/h2-6H,1H3,(H,15,16). The van der Waals surface area contributed by atoms with E-state index < -0.39 is 4.92 Å². The Kier molecular flexibility index (Phi) is 3.87. The summed E-state index contributed by atoms with van der Waals surface area (Å²) in [5.41, 5.74) is 1.38. The summed E-state index contributed by atoms with van der Waals surface area (Å²) >= 11 is 11.9. The molecule has 19 heavy (non-hydrogen) atoms. The lowest BCUT2D eigenvalue weighted by atomic mass is 10.2. The zero-order chi connectivity index (χ0) is 14.0. The van der Waals surface area contributed by atoms with Crippen molar-refractivity contribution in [1.82, 2.24) is 4.98 Å². The first-order chi connectivity index (χ1) is 8.97. The van der Waals surface area contributed by atoms with Gasteiger partial charge < -0.3 is 5.32 Å². The van der Waals surface area contributed by atoms with Gasteiger partial charge in [0, 0.05) is 0 Å². The molecular formula is C12H9Cl2N3O2. The van der Waals surface area contributed by atoms with Crippen molar-refractivity contribution in [2.24, 2.45) is 0 Å². The predicted molar refractivity (Wildman–Crippen MR) is 75.4 cm³/mol. The predicted octanol–water partition coefficient (Wildman–Crippen LogP) is 4.35. The molecular weight excluding hydrogens is 289 g/mol. The Balaban J connectivity index is 2.38. The maximum absolute atomic E-state index is 10.7. The minimum absolute atomic E-state index is 0.0421. The maximum Gasteiger partial charge on any atom is 0.276 e. The molecule has 0 saturated carbocycles. The van der Waals surface area contributed by atoms with Gasteiger partial charge in [-0.1, -0.05) is 35.3 Å². The van der Waals surface area contributed by atoms with E-state index in [4.69, 9.17) is 23.2 Å². The topological polar surface area (TPSA) is 68.1 Å². The van der Waals surface area contributed by atoms with Crippen LogP contribution in [0.4, 0.5) is 17.2 Å². The molecule has 0 amide bonds. The first kappa shape index (κ1) is 13.6. The minimum atomic E-state index is -0.531. The number of rotatable bonds is 3. The first-order valence-corrected chi connectivity index (χ1v) is 6.07. The van der Waals surface area contributed by atoms with Gasteiger partial charge in [0.2, 0.25) is 0 Å². The van der Waals surface area contributed by atoms with Gasteiger partial charge in [0.1, 0.15) is 11.0 Å². The Labute approximate surface area is 119 Å². The number of pyridine rings is 1. The van der Waals surface area contributed by atoms with E-state index in [1.165, 1.54) is 12.1 Å². The summed E-state index contributed by atoms with van der Waals surface area (Å²) in [6, 6.07) is 7.92. The van der Waals surface area contributed by atoms with Crippen LogP contribution < -0.4 is 5.32 Å². The van der Waals surface area contributed by atoms with Crippen molar-refractivity contribution in [2.75, 3.05) is 5.32 Å². The summed E-state index contributed by atoms with van der Waals surface area (Å²) in [4.78, 5) is 14.2. The lowest BCUT2D eigenvalue weighted by molar-refractivity contribution is -0.384. The van der Waals surface area contributed by atoms with Crippen LogP contribution in [0.25, 0.3) is 0 Å². The zero-order valence-electron chi connectivity index (χ0n) is 9.85. The summed E-state index contributed by atoms with van der Waals surface area (Å²) in [5.74, 6) is 0.270. The second-order valence-electron chi connectivity index (χ2n) is 3.85. The van der Waals surface area contributed by atoms with Gasteiger partial charge in [-0.3, -0.25) is 10.1 Å². The molecule has 0 aliphatic carbocycles. The quantitative estimate of drug-likeness (QED) is 0.519. The molecule has 0 saturated heterocycles. The molecule has 0 fully saturated rings. The van der Waals surface area contributed by atoms with Crippen LogP contribution in [-0.4, -0.2) is 9.91 Å². The van der Waals surface area contributed by atoms with Gasteiger partial charge in [0.25, 0.3) is 5.69 Å². The number of nitro groups is 1. The van der Waals surface area contributed by atoms with Gasteiger partial charge in [0.15, 0.2) is 0 Å². The highest BCUT2D eigenvalue weighted by atomic mass is 35.5. The second-order valence-corrected chi connectivity index (χ2v) is 4.62. The van der Waals surface area contributed by atoms with Crippen molar-refractivity contribution in [3.8, 4) is 0 Å². The van der Waals surface area contributed by atoms with E-state index in [9.17, 15) is 10.1 Å². The van der Waals surface area contributed by atoms with Gasteiger partial charge in [-0.2, -0.15) is 0 Å². The third-order valence-corrected chi connectivity index (χ3v) is 3.14. The molecule has 1 heterocycles. The molecule has 5 nitrogen and oxygen atoms in total. The summed E-state index contributed by atoms with van der Waals surface area (Å²) < 4.78 is 0. The second kappa shape index (κ2) is 5.42. The lowest BCUT2D eigenvalue weighted by Gasteiger charge is -2.09. The van der Waals surface area contributed by atoms with Crippen LogP contribution in [0.5, 0.6) is 0 Å². The molecule has 98 valence electrons. The Bertz CT molecular complexity index is 647. The van der Waals surface area contributed by atoms with Gasteiger partial charge >= 0.3 is 0 Å². The van der Waals surface area contributed by atoms with Gasteiger partial charge in [0.05, 0.1) is 27.8 Å². The van der Waals surface area contributed by atoms with E-state index in [-0.39, 0.29) is 16.7 Å². The monoisotopic (exact) mass is 297 g/mol. The molecule has 1 aromatic heterocycles. The summed E-state index contributed by atoms with van der Waals surface area (Å²) in [6.45, 7) is 1.86. The average Bonchev–Trinajstić information content (AvgIpc) is 2.34. The number of halogens is 2. The lowest BCUT2D eigenvalue weighted by Crippen LogP contribution is -1.97. The summed E-state index contributed by atoms with van der Waals surface area (Å²) in [7, 11) is 0. The highest BCUT2D eigenvalue weighted by Crippen LogP contribution is 2.29. The van der Waals surface area contributed by atoms with E-state index in [0.717, 1.165) is 5.56 Å². The molecule has 0 aliphatic heterocycles. The highest BCUT2D eigenvalue weighted by Gasteiger charge is 2.11. The number of hydrogen-bond donors (Lipinski definition) is 1. The number of aryl methyl sites for hydroxylation is 1. The van der Waals surface area contributed by atoms with Crippen LogP contribution in [0.1, 0.15) is 5.56 Å². The molecule has 0 unspecified atom stereocenters. The van der Waals surface area contributed by atoms with Crippen LogP contribution in [0, 0.1) is 17.0 Å². The fraction of sp³-hybridized carbons (Fsp3) is 0.0833. The molecule has 0 bridgehead atoms. The fourth-order valence-electron chi connectivity index (χ4n) is 1.53. The molecule has 0 spiro atoms.